The number of carbonyl (C=O) groups excluding carboxylic acids is 1. The van der Waals surface area contributed by atoms with Gasteiger partial charge in [-0.1, -0.05) is 48.0 Å². The molecule has 40 heavy (non-hydrogen) atoms. The van der Waals surface area contributed by atoms with Crippen LogP contribution in [-0.2, 0) is 29.0 Å². The number of benzene rings is 2. The fraction of sp³-hybridized carbons (Fsp3) is 0.433. The van der Waals surface area contributed by atoms with Crippen molar-refractivity contribution in [2.24, 2.45) is 0 Å². The zero-order valence-electron chi connectivity index (χ0n) is 22.3. The summed E-state index contributed by atoms with van der Waals surface area (Å²) in [6, 6.07) is 14.1. The Morgan fingerprint density at radius 3 is 2.70 bits per heavy atom. The van der Waals surface area contributed by atoms with E-state index in [0.29, 0.717) is 49.4 Å². The minimum atomic E-state index is -0.923. The molecule has 3 aliphatic rings. The van der Waals surface area contributed by atoms with Crippen molar-refractivity contribution in [1.82, 2.24) is 19.8 Å². The first-order chi connectivity index (χ1) is 19.5. The molecule has 10 heteroatoms. The minimum Gasteiger partial charge on any atom is -0.396 e. The molecule has 3 aromatic rings. The van der Waals surface area contributed by atoms with Gasteiger partial charge in [-0.25, -0.2) is 9.97 Å². The number of fused-ring (bicyclic) bond motifs is 2. The lowest BCUT2D eigenvalue weighted by atomic mass is 9.92. The molecule has 6 rings (SSSR count). The summed E-state index contributed by atoms with van der Waals surface area (Å²) in [7, 11) is 0. The number of rotatable bonds is 7. The zero-order valence-corrected chi connectivity index (χ0v) is 23.1. The number of ether oxygens (including phenoxy) is 1. The first-order valence-corrected chi connectivity index (χ1v) is 14.3. The molecule has 2 aromatic carbocycles. The molecule has 210 valence electrons. The van der Waals surface area contributed by atoms with Crippen molar-refractivity contribution < 1.29 is 19.7 Å². The molecule has 3 aliphatic heterocycles. The van der Waals surface area contributed by atoms with Crippen LogP contribution in [0.5, 0.6) is 0 Å². The largest absolute Gasteiger partial charge is 0.396 e. The highest BCUT2D eigenvalue weighted by atomic mass is 35.5. The molecule has 0 bridgehead atoms. The van der Waals surface area contributed by atoms with E-state index in [-0.39, 0.29) is 31.1 Å². The first-order valence-electron chi connectivity index (χ1n) is 13.9. The lowest BCUT2D eigenvalue weighted by molar-refractivity contribution is -0.139. The normalized spacial score (nSPS) is 21.2. The van der Waals surface area contributed by atoms with Crippen LogP contribution < -0.4 is 5.32 Å². The topological polar surface area (TPSA) is 111 Å². The van der Waals surface area contributed by atoms with Crippen molar-refractivity contribution in [3.8, 4) is 11.3 Å². The number of anilines is 1. The average molecular weight is 564 g/mol. The molecule has 1 unspecified atom stereocenters. The summed E-state index contributed by atoms with van der Waals surface area (Å²) in [5.41, 5.74) is 5.44. The van der Waals surface area contributed by atoms with E-state index in [1.807, 2.05) is 35.2 Å². The van der Waals surface area contributed by atoms with Gasteiger partial charge >= 0.3 is 0 Å². The summed E-state index contributed by atoms with van der Waals surface area (Å²) in [5, 5.41) is 24.7. The van der Waals surface area contributed by atoms with Gasteiger partial charge in [0.1, 0.15) is 6.23 Å². The molecular formula is C30H34ClN5O4. The van der Waals surface area contributed by atoms with E-state index in [0.717, 1.165) is 41.5 Å². The third-order valence-electron chi connectivity index (χ3n) is 8.19. The Morgan fingerprint density at radius 2 is 1.90 bits per heavy atom. The van der Waals surface area contributed by atoms with Gasteiger partial charge in [-0.3, -0.25) is 9.69 Å². The van der Waals surface area contributed by atoms with Crippen molar-refractivity contribution in [1.29, 1.82) is 0 Å². The standard InChI is InChI=1S/C30H34ClN5O4/c31-26-15-32-30(33-23-8-11-40-12-9-23)34-28(26)20-5-6-22-16-35(29(39)25(22)14-20)18-27(38)36-17-21-4-2-1-3-19(21)13-24(36)7-10-37/h1-6,14-15,23-24,29,37,39H,7-13,16-18H2,(H,32,33,34)/t24-,29?/m1/s1. The maximum absolute atomic E-state index is 13.5. The Labute approximate surface area is 238 Å². The van der Waals surface area contributed by atoms with Crippen LogP contribution >= 0.6 is 11.6 Å². The predicted molar refractivity (Wildman–Crippen MR) is 151 cm³/mol. The van der Waals surface area contributed by atoms with Crippen LogP contribution in [0.1, 0.15) is 47.7 Å². The summed E-state index contributed by atoms with van der Waals surface area (Å²) in [4.78, 5) is 26.2. The number of aromatic nitrogens is 2. The second-order valence-corrected chi connectivity index (χ2v) is 11.2. The van der Waals surface area contributed by atoms with Crippen LogP contribution in [0.15, 0.2) is 48.7 Å². The van der Waals surface area contributed by atoms with Gasteiger partial charge in [0, 0.05) is 56.1 Å². The number of halogens is 1. The average Bonchev–Trinajstić information content (AvgIpc) is 3.28. The lowest BCUT2D eigenvalue weighted by Crippen LogP contribution is -2.48. The summed E-state index contributed by atoms with van der Waals surface area (Å²) in [6.07, 6.45) is 3.71. The molecule has 3 N–H and O–H groups in total. The molecule has 0 spiro atoms. The number of nitrogens with zero attached hydrogens (tertiary/aromatic N) is 4. The van der Waals surface area contributed by atoms with Crippen LogP contribution in [0.3, 0.4) is 0 Å². The monoisotopic (exact) mass is 563 g/mol. The molecule has 1 aromatic heterocycles. The lowest BCUT2D eigenvalue weighted by Gasteiger charge is -2.38. The van der Waals surface area contributed by atoms with Gasteiger partial charge in [0.25, 0.3) is 0 Å². The van der Waals surface area contributed by atoms with Gasteiger partial charge in [-0.05, 0) is 48.4 Å². The quantitative estimate of drug-likeness (QED) is 0.400. The number of hydrogen-bond donors (Lipinski definition) is 3. The molecule has 1 fully saturated rings. The zero-order chi connectivity index (χ0) is 27.6. The fourth-order valence-corrected chi connectivity index (χ4v) is 6.19. The van der Waals surface area contributed by atoms with E-state index in [4.69, 9.17) is 16.3 Å². The van der Waals surface area contributed by atoms with E-state index < -0.39 is 6.23 Å². The van der Waals surface area contributed by atoms with Gasteiger partial charge in [-0.2, -0.15) is 0 Å². The highest BCUT2D eigenvalue weighted by Crippen LogP contribution is 2.36. The number of amides is 1. The summed E-state index contributed by atoms with van der Waals surface area (Å²) in [5.74, 6) is 0.461. The number of nitrogens with one attached hydrogen (secondary N) is 1. The van der Waals surface area contributed by atoms with E-state index in [2.05, 4.69) is 27.4 Å². The Morgan fingerprint density at radius 1 is 1.10 bits per heavy atom. The van der Waals surface area contributed by atoms with Gasteiger partial charge in [0.15, 0.2) is 0 Å². The predicted octanol–water partition coefficient (Wildman–Crippen LogP) is 3.53. The fourth-order valence-electron chi connectivity index (χ4n) is 5.99. The van der Waals surface area contributed by atoms with E-state index in [1.54, 1.807) is 11.1 Å². The highest BCUT2D eigenvalue weighted by molar-refractivity contribution is 6.32. The molecular weight excluding hydrogens is 530 g/mol. The van der Waals surface area contributed by atoms with E-state index in [9.17, 15) is 15.0 Å². The molecule has 0 saturated carbocycles. The van der Waals surface area contributed by atoms with E-state index >= 15 is 0 Å². The first kappa shape index (κ1) is 27.1. The number of carbonyl (C=O) groups is 1. The second kappa shape index (κ2) is 11.8. The van der Waals surface area contributed by atoms with Crippen molar-refractivity contribution in [3.63, 3.8) is 0 Å². The van der Waals surface area contributed by atoms with Crippen molar-refractivity contribution in [2.45, 2.75) is 57.1 Å². The Balaban J connectivity index is 1.17. The van der Waals surface area contributed by atoms with Crippen LogP contribution in [0.2, 0.25) is 5.02 Å². The summed E-state index contributed by atoms with van der Waals surface area (Å²) in [6.45, 7) is 2.51. The van der Waals surface area contributed by atoms with Gasteiger partial charge < -0.3 is 25.2 Å². The molecule has 9 nitrogen and oxygen atoms in total. The number of aliphatic hydroxyl groups is 2. The minimum absolute atomic E-state index is 0.0229. The van der Waals surface area contributed by atoms with Gasteiger partial charge in [0.05, 0.1) is 23.5 Å². The van der Waals surface area contributed by atoms with Gasteiger partial charge in [0.2, 0.25) is 11.9 Å². The van der Waals surface area contributed by atoms with Crippen LogP contribution in [0, 0.1) is 0 Å². The Bertz CT molecular complexity index is 1380. The summed E-state index contributed by atoms with van der Waals surface area (Å²) >= 11 is 6.51. The van der Waals surface area contributed by atoms with E-state index in [1.165, 1.54) is 5.56 Å². The Kier molecular flexibility index (Phi) is 8.00. The highest BCUT2D eigenvalue weighted by Gasteiger charge is 2.35. The SMILES string of the molecule is O=C(CN1Cc2ccc(-c3nc(NC4CCOCC4)ncc3Cl)cc2C1O)N1Cc2ccccc2C[C@H]1CCO. The van der Waals surface area contributed by atoms with Crippen molar-refractivity contribution in [2.75, 3.05) is 31.7 Å². The molecule has 2 atom stereocenters. The molecule has 0 radical (unpaired) electrons. The molecule has 1 saturated heterocycles. The van der Waals surface area contributed by atoms with Gasteiger partial charge in [-0.15, -0.1) is 0 Å². The summed E-state index contributed by atoms with van der Waals surface area (Å²) < 4.78 is 5.44. The van der Waals surface area contributed by atoms with Crippen LogP contribution in [-0.4, -0.2) is 74.3 Å². The Hall–Kier alpha value is -3.08. The van der Waals surface area contributed by atoms with Crippen LogP contribution in [0.4, 0.5) is 5.95 Å². The molecule has 4 heterocycles. The number of aliphatic hydroxyl groups excluding tert-OH is 2. The van der Waals surface area contributed by atoms with Crippen molar-refractivity contribution >= 4 is 23.5 Å². The van der Waals surface area contributed by atoms with Crippen LogP contribution in [0.25, 0.3) is 11.3 Å². The maximum atomic E-state index is 13.5. The molecule has 0 aliphatic carbocycles. The number of hydrogen-bond acceptors (Lipinski definition) is 8. The maximum Gasteiger partial charge on any atom is 0.237 e. The third kappa shape index (κ3) is 5.57. The smallest absolute Gasteiger partial charge is 0.237 e. The second-order valence-electron chi connectivity index (χ2n) is 10.8. The molecule has 1 amide bonds. The third-order valence-corrected chi connectivity index (χ3v) is 8.47. The van der Waals surface area contributed by atoms with Crippen molar-refractivity contribution in [3.05, 3.63) is 75.9 Å².